The fraction of sp³-hybridized carbons (Fsp3) is 0.368. The third kappa shape index (κ3) is 3.94. The van der Waals surface area contributed by atoms with Crippen molar-refractivity contribution < 1.29 is 0 Å². The number of rotatable bonds is 5. The first-order chi connectivity index (χ1) is 9.58. The molecule has 0 saturated carbocycles. The highest BCUT2D eigenvalue weighted by Gasteiger charge is 2.09. The summed E-state index contributed by atoms with van der Waals surface area (Å²) in [5, 5.41) is 3.45. The molecule has 1 heteroatoms. The van der Waals surface area contributed by atoms with Crippen LogP contribution in [-0.4, -0.2) is 13.1 Å². The average molecular weight is 267 g/mol. The zero-order valence-corrected chi connectivity index (χ0v) is 13.0. The molecule has 106 valence electrons. The third-order valence-electron chi connectivity index (χ3n) is 4.06. The van der Waals surface area contributed by atoms with Gasteiger partial charge in [0.25, 0.3) is 0 Å². The quantitative estimate of drug-likeness (QED) is 0.864. The number of benzene rings is 2. The molecule has 0 bridgehead atoms. The van der Waals surface area contributed by atoms with Gasteiger partial charge in [0, 0.05) is 6.04 Å². The molecular weight excluding hydrogens is 242 g/mol. The van der Waals surface area contributed by atoms with Crippen LogP contribution < -0.4 is 5.32 Å². The molecule has 1 atom stereocenters. The van der Waals surface area contributed by atoms with Crippen molar-refractivity contribution >= 4 is 0 Å². The fourth-order valence-corrected chi connectivity index (χ4v) is 2.50. The van der Waals surface area contributed by atoms with Crippen LogP contribution in [0.2, 0.25) is 0 Å². The molecule has 1 N–H and O–H groups in total. The number of likely N-dealkylation sites (N-methyl/N-ethyl adjacent to an activating group) is 1. The normalized spacial score (nSPS) is 12.4. The third-order valence-corrected chi connectivity index (χ3v) is 4.06. The van der Waals surface area contributed by atoms with Gasteiger partial charge in [0.15, 0.2) is 0 Å². The minimum Gasteiger partial charge on any atom is -0.316 e. The van der Waals surface area contributed by atoms with Crippen molar-refractivity contribution in [1.29, 1.82) is 0 Å². The molecule has 0 saturated heterocycles. The van der Waals surface area contributed by atoms with Gasteiger partial charge in [0.05, 0.1) is 0 Å². The van der Waals surface area contributed by atoms with Crippen LogP contribution in [0.15, 0.2) is 42.5 Å². The second-order valence-electron chi connectivity index (χ2n) is 5.80. The van der Waals surface area contributed by atoms with Crippen molar-refractivity contribution in [2.45, 2.75) is 39.7 Å². The Bertz CT molecular complexity index is 554. The lowest BCUT2D eigenvalue weighted by Gasteiger charge is -2.17. The summed E-state index contributed by atoms with van der Waals surface area (Å²) in [5.74, 6) is 0. The molecule has 0 heterocycles. The molecule has 0 amide bonds. The highest BCUT2D eigenvalue weighted by molar-refractivity contribution is 5.31. The largest absolute Gasteiger partial charge is 0.316 e. The molecule has 1 unspecified atom stereocenters. The standard InChI is InChI=1S/C19H25N/c1-14-5-8-17(9-6-14)12-19(20-4)13-18-10-7-15(2)16(3)11-18/h5-11,19-20H,12-13H2,1-4H3. The Balaban J connectivity index is 2.04. The van der Waals surface area contributed by atoms with E-state index in [1.165, 1.54) is 27.8 Å². The summed E-state index contributed by atoms with van der Waals surface area (Å²) in [5.41, 5.74) is 6.89. The maximum atomic E-state index is 3.45. The van der Waals surface area contributed by atoms with Crippen molar-refractivity contribution in [3.05, 3.63) is 70.3 Å². The zero-order chi connectivity index (χ0) is 14.5. The smallest absolute Gasteiger partial charge is 0.0145 e. The average Bonchev–Trinajstić information content (AvgIpc) is 2.44. The maximum absolute atomic E-state index is 3.45. The SMILES string of the molecule is CNC(Cc1ccc(C)cc1)Cc1ccc(C)c(C)c1. The van der Waals surface area contributed by atoms with E-state index >= 15 is 0 Å². The molecule has 2 aromatic carbocycles. The molecule has 0 aliphatic rings. The summed E-state index contributed by atoms with van der Waals surface area (Å²) in [7, 11) is 2.06. The van der Waals surface area contributed by atoms with Crippen LogP contribution >= 0.6 is 0 Å². The van der Waals surface area contributed by atoms with Gasteiger partial charge < -0.3 is 5.32 Å². The van der Waals surface area contributed by atoms with E-state index < -0.39 is 0 Å². The van der Waals surface area contributed by atoms with E-state index in [-0.39, 0.29) is 0 Å². The predicted octanol–water partition coefficient (Wildman–Crippen LogP) is 3.99. The Morgan fingerprint density at radius 2 is 1.40 bits per heavy atom. The Hall–Kier alpha value is -1.60. The van der Waals surface area contributed by atoms with Gasteiger partial charge in [0.2, 0.25) is 0 Å². The summed E-state index contributed by atoms with van der Waals surface area (Å²) in [4.78, 5) is 0. The molecule has 0 fully saturated rings. The molecule has 0 spiro atoms. The van der Waals surface area contributed by atoms with Crippen molar-refractivity contribution in [2.24, 2.45) is 0 Å². The minimum absolute atomic E-state index is 0.486. The van der Waals surface area contributed by atoms with Crippen LogP contribution in [0.5, 0.6) is 0 Å². The lowest BCUT2D eigenvalue weighted by molar-refractivity contribution is 0.556. The van der Waals surface area contributed by atoms with Crippen LogP contribution in [0.1, 0.15) is 27.8 Å². The maximum Gasteiger partial charge on any atom is 0.0145 e. The van der Waals surface area contributed by atoms with E-state index in [4.69, 9.17) is 0 Å². The summed E-state index contributed by atoms with van der Waals surface area (Å²) in [6.45, 7) is 6.49. The van der Waals surface area contributed by atoms with Gasteiger partial charge >= 0.3 is 0 Å². The van der Waals surface area contributed by atoms with Gasteiger partial charge in [0.1, 0.15) is 0 Å². The van der Waals surface area contributed by atoms with Crippen LogP contribution in [0, 0.1) is 20.8 Å². The number of aryl methyl sites for hydroxylation is 3. The minimum atomic E-state index is 0.486. The van der Waals surface area contributed by atoms with Crippen molar-refractivity contribution in [2.75, 3.05) is 7.05 Å². The summed E-state index contributed by atoms with van der Waals surface area (Å²) in [6, 6.07) is 16.1. The summed E-state index contributed by atoms with van der Waals surface area (Å²) >= 11 is 0. The molecule has 0 aliphatic heterocycles. The van der Waals surface area contributed by atoms with Crippen LogP contribution in [-0.2, 0) is 12.8 Å². The van der Waals surface area contributed by atoms with E-state index in [9.17, 15) is 0 Å². The zero-order valence-electron chi connectivity index (χ0n) is 13.0. The van der Waals surface area contributed by atoms with Crippen LogP contribution in [0.3, 0.4) is 0 Å². The monoisotopic (exact) mass is 267 g/mol. The lowest BCUT2D eigenvalue weighted by Crippen LogP contribution is -2.29. The fourth-order valence-electron chi connectivity index (χ4n) is 2.50. The number of hydrogen-bond donors (Lipinski definition) is 1. The molecule has 2 rings (SSSR count). The highest BCUT2D eigenvalue weighted by Crippen LogP contribution is 2.14. The van der Waals surface area contributed by atoms with Gasteiger partial charge in [-0.15, -0.1) is 0 Å². The highest BCUT2D eigenvalue weighted by atomic mass is 14.9. The van der Waals surface area contributed by atoms with E-state index in [0.29, 0.717) is 6.04 Å². The van der Waals surface area contributed by atoms with Crippen LogP contribution in [0.25, 0.3) is 0 Å². The van der Waals surface area contributed by atoms with E-state index in [2.05, 4.69) is 75.6 Å². The predicted molar refractivity (Wildman–Crippen MR) is 87.4 cm³/mol. The van der Waals surface area contributed by atoms with Gasteiger partial charge in [-0.25, -0.2) is 0 Å². The van der Waals surface area contributed by atoms with Gasteiger partial charge in [-0.2, -0.15) is 0 Å². The number of nitrogens with one attached hydrogen (secondary N) is 1. The van der Waals surface area contributed by atoms with Crippen LogP contribution in [0.4, 0.5) is 0 Å². The van der Waals surface area contributed by atoms with Crippen molar-refractivity contribution in [3.8, 4) is 0 Å². The van der Waals surface area contributed by atoms with Gasteiger partial charge in [-0.3, -0.25) is 0 Å². The lowest BCUT2D eigenvalue weighted by atomic mass is 9.96. The molecule has 2 aromatic rings. The Morgan fingerprint density at radius 1 is 0.800 bits per heavy atom. The molecule has 0 aromatic heterocycles. The van der Waals surface area contributed by atoms with E-state index in [1.807, 2.05) is 0 Å². The molecule has 20 heavy (non-hydrogen) atoms. The Kier molecular flexibility index (Phi) is 4.97. The molecule has 0 aliphatic carbocycles. The first-order valence-corrected chi connectivity index (χ1v) is 7.37. The molecular formula is C19H25N. The summed E-state index contributed by atoms with van der Waals surface area (Å²) in [6.07, 6.45) is 2.15. The topological polar surface area (TPSA) is 12.0 Å². The Labute approximate surface area is 123 Å². The first kappa shape index (κ1) is 14.8. The Morgan fingerprint density at radius 3 is 2.00 bits per heavy atom. The van der Waals surface area contributed by atoms with E-state index in [1.54, 1.807) is 0 Å². The second kappa shape index (κ2) is 6.71. The summed E-state index contributed by atoms with van der Waals surface area (Å²) < 4.78 is 0. The van der Waals surface area contributed by atoms with E-state index in [0.717, 1.165) is 12.8 Å². The first-order valence-electron chi connectivity index (χ1n) is 7.37. The van der Waals surface area contributed by atoms with Gasteiger partial charge in [-0.05, 0) is 62.9 Å². The van der Waals surface area contributed by atoms with Gasteiger partial charge in [-0.1, -0.05) is 48.0 Å². The van der Waals surface area contributed by atoms with Crippen molar-refractivity contribution in [1.82, 2.24) is 5.32 Å². The second-order valence-corrected chi connectivity index (χ2v) is 5.80. The molecule has 1 nitrogen and oxygen atoms in total. The van der Waals surface area contributed by atoms with Crippen molar-refractivity contribution in [3.63, 3.8) is 0 Å². The number of hydrogen-bond acceptors (Lipinski definition) is 1. The molecule has 0 radical (unpaired) electrons.